The Balaban J connectivity index is 2.07. The van der Waals surface area contributed by atoms with Crippen LogP contribution in [0.5, 0.6) is 5.88 Å². The lowest BCUT2D eigenvalue weighted by Crippen LogP contribution is -2.28. The van der Waals surface area contributed by atoms with Gasteiger partial charge in [0.25, 0.3) is 5.91 Å². The van der Waals surface area contributed by atoms with Gasteiger partial charge >= 0.3 is 6.18 Å². The van der Waals surface area contributed by atoms with Crippen molar-refractivity contribution in [3.05, 3.63) is 41.0 Å². The van der Waals surface area contributed by atoms with Gasteiger partial charge in [-0.1, -0.05) is 13.8 Å². The molecule has 10 heteroatoms. The summed E-state index contributed by atoms with van der Waals surface area (Å²) in [6.45, 7) is 8.60. The number of nitrogens with one attached hydrogen (secondary N) is 2. The van der Waals surface area contributed by atoms with Crippen LogP contribution in [0.1, 0.15) is 54.3 Å². The average molecular weight is 425 g/mol. The molecule has 0 radical (unpaired) electrons. The number of carbonyl (C=O) groups excluding carboxylic acids is 1. The number of rotatable bonds is 8. The molecule has 0 fully saturated rings. The lowest BCUT2D eigenvalue weighted by molar-refractivity contribution is -0.154. The zero-order valence-electron chi connectivity index (χ0n) is 17.6. The number of amides is 1. The molecule has 0 aliphatic heterocycles. The fourth-order valence-corrected chi connectivity index (χ4v) is 2.57. The predicted octanol–water partition coefficient (Wildman–Crippen LogP) is 3.99. The van der Waals surface area contributed by atoms with Crippen LogP contribution in [0.3, 0.4) is 0 Å². The van der Waals surface area contributed by atoms with E-state index < -0.39 is 18.7 Å². The molecule has 164 valence electrons. The van der Waals surface area contributed by atoms with Crippen LogP contribution < -0.4 is 15.4 Å². The first-order valence-corrected chi connectivity index (χ1v) is 9.51. The highest BCUT2D eigenvalue weighted by molar-refractivity contribution is 5.92. The predicted molar refractivity (Wildman–Crippen MR) is 107 cm³/mol. The molecule has 1 unspecified atom stereocenters. The SMILES string of the molecule is Cc1cc(C(C)NC(=O)c2cnc(OCC(F)(F)F)c(C)n2)cc(NCC(C)C)n1. The van der Waals surface area contributed by atoms with Crippen molar-refractivity contribution in [1.82, 2.24) is 20.3 Å². The number of aryl methyl sites for hydroxylation is 2. The Morgan fingerprint density at radius 1 is 1.17 bits per heavy atom. The second-order valence-corrected chi connectivity index (χ2v) is 7.45. The number of alkyl halides is 3. The van der Waals surface area contributed by atoms with Crippen LogP contribution in [-0.2, 0) is 0 Å². The van der Waals surface area contributed by atoms with Gasteiger partial charge in [0, 0.05) is 12.2 Å². The molecule has 2 N–H and O–H groups in total. The summed E-state index contributed by atoms with van der Waals surface area (Å²) in [6, 6.07) is 3.39. The van der Waals surface area contributed by atoms with Gasteiger partial charge < -0.3 is 15.4 Å². The lowest BCUT2D eigenvalue weighted by Gasteiger charge is -2.17. The van der Waals surface area contributed by atoms with Crippen molar-refractivity contribution in [2.45, 2.75) is 46.8 Å². The van der Waals surface area contributed by atoms with Gasteiger partial charge in [-0.25, -0.2) is 15.0 Å². The quantitative estimate of drug-likeness (QED) is 0.665. The zero-order valence-corrected chi connectivity index (χ0v) is 17.6. The number of anilines is 1. The Morgan fingerprint density at radius 3 is 2.47 bits per heavy atom. The molecule has 30 heavy (non-hydrogen) atoms. The third-order valence-electron chi connectivity index (χ3n) is 4.02. The van der Waals surface area contributed by atoms with E-state index in [1.807, 2.05) is 26.0 Å². The summed E-state index contributed by atoms with van der Waals surface area (Å²) in [5, 5.41) is 6.08. The first-order valence-electron chi connectivity index (χ1n) is 9.51. The van der Waals surface area contributed by atoms with Crippen LogP contribution in [0.15, 0.2) is 18.3 Å². The highest BCUT2D eigenvalue weighted by Crippen LogP contribution is 2.20. The van der Waals surface area contributed by atoms with E-state index in [0.29, 0.717) is 5.92 Å². The molecule has 1 atom stereocenters. The molecule has 0 aliphatic rings. The van der Waals surface area contributed by atoms with E-state index in [9.17, 15) is 18.0 Å². The molecule has 0 aliphatic carbocycles. The standard InChI is InChI=1S/C20H26F3N5O2/c1-11(2)8-24-17-7-15(6-12(3)26-17)13(4)28-18(29)16-9-25-19(14(5)27-16)30-10-20(21,22)23/h6-7,9,11,13H,8,10H2,1-5H3,(H,24,26)(H,28,29). The summed E-state index contributed by atoms with van der Waals surface area (Å²) in [4.78, 5) is 24.8. The average Bonchev–Trinajstić information content (AvgIpc) is 2.64. The van der Waals surface area contributed by atoms with Crippen LogP contribution in [0.4, 0.5) is 19.0 Å². The number of nitrogens with zero attached hydrogens (tertiary/aromatic N) is 3. The number of carbonyl (C=O) groups is 1. The first-order chi connectivity index (χ1) is 13.9. The van der Waals surface area contributed by atoms with E-state index in [1.54, 1.807) is 0 Å². The van der Waals surface area contributed by atoms with Crippen molar-refractivity contribution in [2.24, 2.45) is 5.92 Å². The first kappa shape index (κ1) is 23.4. The molecule has 0 aromatic carbocycles. The van der Waals surface area contributed by atoms with Crippen molar-refractivity contribution in [3.63, 3.8) is 0 Å². The van der Waals surface area contributed by atoms with Gasteiger partial charge in [-0.15, -0.1) is 0 Å². The van der Waals surface area contributed by atoms with E-state index >= 15 is 0 Å². The van der Waals surface area contributed by atoms with E-state index in [4.69, 9.17) is 0 Å². The number of ether oxygens (including phenoxy) is 1. The van der Waals surface area contributed by atoms with Crippen LogP contribution in [0.25, 0.3) is 0 Å². The minimum Gasteiger partial charge on any atom is -0.467 e. The van der Waals surface area contributed by atoms with Crippen LogP contribution in [0, 0.1) is 19.8 Å². The Morgan fingerprint density at radius 2 is 1.87 bits per heavy atom. The van der Waals surface area contributed by atoms with Gasteiger partial charge in [0.1, 0.15) is 17.2 Å². The normalized spacial score (nSPS) is 12.6. The molecule has 7 nitrogen and oxygen atoms in total. The van der Waals surface area contributed by atoms with E-state index in [1.165, 1.54) is 6.92 Å². The Hall–Kier alpha value is -2.91. The smallest absolute Gasteiger partial charge is 0.422 e. The van der Waals surface area contributed by atoms with Gasteiger partial charge in [0.15, 0.2) is 6.61 Å². The van der Waals surface area contributed by atoms with Crippen molar-refractivity contribution in [3.8, 4) is 5.88 Å². The molecule has 1 amide bonds. The Labute approximate surface area is 173 Å². The van der Waals surface area contributed by atoms with Crippen molar-refractivity contribution in [2.75, 3.05) is 18.5 Å². The number of hydrogen-bond donors (Lipinski definition) is 2. The zero-order chi connectivity index (χ0) is 22.5. The van der Waals surface area contributed by atoms with Crippen molar-refractivity contribution >= 4 is 11.7 Å². The number of aromatic nitrogens is 3. The number of pyridine rings is 1. The Bertz CT molecular complexity index is 887. The van der Waals surface area contributed by atoms with Crippen molar-refractivity contribution < 1.29 is 22.7 Å². The lowest BCUT2D eigenvalue weighted by atomic mass is 10.1. The van der Waals surface area contributed by atoms with Gasteiger partial charge in [0.2, 0.25) is 5.88 Å². The molecule has 0 bridgehead atoms. The summed E-state index contributed by atoms with van der Waals surface area (Å²) < 4.78 is 41.5. The number of halogens is 3. The molecule has 2 rings (SSSR count). The second-order valence-electron chi connectivity index (χ2n) is 7.45. The second kappa shape index (κ2) is 9.73. The maximum atomic E-state index is 12.5. The summed E-state index contributed by atoms with van der Waals surface area (Å²) >= 11 is 0. The van der Waals surface area contributed by atoms with E-state index in [0.717, 1.165) is 29.8 Å². The van der Waals surface area contributed by atoms with Crippen molar-refractivity contribution in [1.29, 1.82) is 0 Å². The molecule has 0 saturated carbocycles. The summed E-state index contributed by atoms with van der Waals surface area (Å²) in [7, 11) is 0. The van der Waals surface area contributed by atoms with Gasteiger partial charge in [0.05, 0.1) is 12.2 Å². The van der Waals surface area contributed by atoms with Crippen LogP contribution in [0.2, 0.25) is 0 Å². The highest BCUT2D eigenvalue weighted by Gasteiger charge is 2.29. The highest BCUT2D eigenvalue weighted by atomic mass is 19.4. The number of hydrogen-bond acceptors (Lipinski definition) is 6. The maximum absolute atomic E-state index is 12.5. The maximum Gasteiger partial charge on any atom is 0.422 e. The molecule has 0 spiro atoms. The third-order valence-corrected chi connectivity index (χ3v) is 4.02. The fraction of sp³-hybridized carbons (Fsp3) is 0.500. The van der Waals surface area contributed by atoms with Crippen LogP contribution >= 0.6 is 0 Å². The fourth-order valence-electron chi connectivity index (χ4n) is 2.57. The molecular formula is C20H26F3N5O2. The Kier molecular flexibility index (Phi) is 7.58. The molecule has 2 heterocycles. The molecule has 2 aromatic rings. The van der Waals surface area contributed by atoms with Crippen LogP contribution in [-0.4, -0.2) is 40.2 Å². The van der Waals surface area contributed by atoms with Gasteiger partial charge in [-0.2, -0.15) is 13.2 Å². The van der Waals surface area contributed by atoms with E-state index in [2.05, 4.69) is 44.2 Å². The largest absolute Gasteiger partial charge is 0.467 e. The summed E-state index contributed by atoms with van der Waals surface area (Å²) in [6.07, 6.45) is -3.39. The minimum atomic E-state index is -4.48. The van der Waals surface area contributed by atoms with E-state index in [-0.39, 0.29) is 23.3 Å². The summed E-state index contributed by atoms with van der Waals surface area (Å²) in [5.74, 6) is 0.425. The summed E-state index contributed by atoms with van der Waals surface area (Å²) in [5.41, 5.74) is 1.75. The molecule has 2 aromatic heterocycles. The minimum absolute atomic E-state index is 0.0114. The molecule has 0 saturated heterocycles. The topological polar surface area (TPSA) is 89.0 Å². The monoisotopic (exact) mass is 425 g/mol. The van der Waals surface area contributed by atoms with Gasteiger partial charge in [-0.05, 0) is 44.4 Å². The molecular weight excluding hydrogens is 399 g/mol. The third kappa shape index (κ3) is 7.16. The van der Waals surface area contributed by atoms with Gasteiger partial charge in [-0.3, -0.25) is 4.79 Å².